The maximum atomic E-state index is 8.79. The minimum absolute atomic E-state index is 0.426. The van der Waals surface area contributed by atoms with Gasteiger partial charge in [-0.3, -0.25) is 5.32 Å². The number of rotatable bonds is 7. The molecule has 0 aromatic rings. The molecule has 0 fully saturated rings. The molecule has 3 nitrogen and oxygen atoms in total. The molecule has 0 amide bonds. The van der Waals surface area contributed by atoms with Crippen LogP contribution in [0.5, 0.6) is 0 Å². The van der Waals surface area contributed by atoms with Crippen LogP contribution in [-0.2, 0) is 4.74 Å². The third kappa shape index (κ3) is 9.88. The van der Waals surface area contributed by atoms with Gasteiger partial charge >= 0.3 is 0 Å². The summed E-state index contributed by atoms with van der Waals surface area (Å²) in [6.07, 6.45) is 1.86. The number of nitrogens with one attached hydrogen (secondary N) is 1. The van der Waals surface area contributed by atoms with Gasteiger partial charge in [0, 0.05) is 13.2 Å². The van der Waals surface area contributed by atoms with E-state index in [1.165, 1.54) is 6.42 Å². The van der Waals surface area contributed by atoms with Crippen molar-refractivity contribution in [3.8, 4) is 0 Å². The maximum Gasteiger partial charge on any atom is 0.102 e. The molecule has 0 heterocycles. The Morgan fingerprint density at radius 3 is 2.73 bits per heavy atom. The fraction of sp³-hybridized carbons (Fsp3) is 1.00. The van der Waals surface area contributed by atoms with E-state index in [9.17, 15) is 0 Å². The van der Waals surface area contributed by atoms with Gasteiger partial charge in [-0.1, -0.05) is 13.3 Å². The lowest BCUT2D eigenvalue weighted by Crippen LogP contribution is -2.28. The van der Waals surface area contributed by atoms with Gasteiger partial charge in [-0.2, -0.15) is 0 Å². The van der Waals surface area contributed by atoms with E-state index in [-0.39, 0.29) is 0 Å². The Labute approximate surface area is 68.8 Å². The van der Waals surface area contributed by atoms with Gasteiger partial charge in [-0.15, -0.1) is 0 Å². The molecule has 68 valence electrons. The third-order valence-corrected chi connectivity index (χ3v) is 1.33. The van der Waals surface area contributed by atoms with Crippen LogP contribution in [0.1, 0.15) is 26.7 Å². The number of aliphatic hydroxyl groups excluding tert-OH is 1. The van der Waals surface area contributed by atoms with Gasteiger partial charge in [0.05, 0.1) is 6.61 Å². The highest BCUT2D eigenvalue weighted by Crippen LogP contribution is 1.86. The highest BCUT2D eigenvalue weighted by Gasteiger charge is 1.91. The van der Waals surface area contributed by atoms with Crippen LogP contribution >= 0.6 is 0 Å². The molecule has 0 saturated heterocycles. The maximum absolute atomic E-state index is 8.79. The molecular weight excluding hydrogens is 142 g/mol. The molecule has 0 aliphatic rings. The fourth-order valence-electron chi connectivity index (χ4n) is 0.688. The van der Waals surface area contributed by atoms with E-state index in [1.54, 1.807) is 6.92 Å². The molecule has 0 bridgehead atoms. The second kappa shape index (κ2) is 7.98. The number of unbranched alkanes of at least 4 members (excludes halogenated alkanes) is 1. The minimum Gasteiger partial charge on any atom is -0.380 e. The van der Waals surface area contributed by atoms with E-state index >= 15 is 0 Å². The number of hydrogen-bond acceptors (Lipinski definition) is 3. The van der Waals surface area contributed by atoms with Crippen molar-refractivity contribution in [1.29, 1.82) is 0 Å². The van der Waals surface area contributed by atoms with Crippen LogP contribution in [0.4, 0.5) is 0 Å². The van der Waals surface area contributed by atoms with E-state index in [2.05, 4.69) is 12.2 Å². The average Bonchev–Trinajstić information content (AvgIpc) is 1.96. The molecule has 1 unspecified atom stereocenters. The van der Waals surface area contributed by atoms with Crippen molar-refractivity contribution < 1.29 is 9.84 Å². The predicted molar refractivity (Wildman–Crippen MR) is 45.4 cm³/mol. The first-order valence-corrected chi connectivity index (χ1v) is 4.26. The van der Waals surface area contributed by atoms with E-state index in [1.807, 2.05) is 0 Å². The topological polar surface area (TPSA) is 41.5 Å². The molecule has 3 heteroatoms. The first-order chi connectivity index (χ1) is 5.27. The second-order valence-electron chi connectivity index (χ2n) is 2.60. The summed E-state index contributed by atoms with van der Waals surface area (Å²) in [7, 11) is 0. The highest BCUT2D eigenvalue weighted by molar-refractivity contribution is 4.44. The molecule has 1 atom stereocenters. The molecule has 0 aliphatic heterocycles. The zero-order valence-corrected chi connectivity index (χ0v) is 7.47. The van der Waals surface area contributed by atoms with Crippen LogP contribution in [-0.4, -0.2) is 31.1 Å². The van der Waals surface area contributed by atoms with Crippen molar-refractivity contribution >= 4 is 0 Å². The zero-order chi connectivity index (χ0) is 8.53. The van der Waals surface area contributed by atoms with Crippen LogP contribution in [0.2, 0.25) is 0 Å². The van der Waals surface area contributed by atoms with E-state index in [4.69, 9.17) is 9.84 Å². The molecule has 2 N–H and O–H groups in total. The van der Waals surface area contributed by atoms with Crippen molar-refractivity contribution in [2.75, 3.05) is 19.8 Å². The van der Waals surface area contributed by atoms with E-state index in [0.29, 0.717) is 6.61 Å². The summed E-state index contributed by atoms with van der Waals surface area (Å²) in [5, 5.41) is 11.6. The van der Waals surface area contributed by atoms with Gasteiger partial charge in [0.15, 0.2) is 0 Å². The molecule has 0 spiro atoms. The summed E-state index contributed by atoms with van der Waals surface area (Å²) in [4.78, 5) is 0. The van der Waals surface area contributed by atoms with Crippen molar-refractivity contribution in [1.82, 2.24) is 5.32 Å². The summed E-state index contributed by atoms with van der Waals surface area (Å²) >= 11 is 0. The van der Waals surface area contributed by atoms with Gasteiger partial charge in [-0.25, -0.2) is 0 Å². The van der Waals surface area contributed by atoms with Crippen LogP contribution < -0.4 is 5.32 Å². The zero-order valence-electron chi connectivity index (χ0n) is 7.47. The van der Waals surface area contributed by atoms with Crippen LogP contribution in [0.15, 0.2) is 0 Å². The standard InChI is InChI=1S/C8H19NO2/c1-3-4-6-11-7-5-9-8(2)10/h8-10H,3-7H2,1-2H3. The second-order valence-corrected chi connectivity index (χ2v) is 2.60. The lowest BCUT2D eigenvalue weighted by Gasteiger charge is -2.07. The van der Waals surface area contributed by atoms with Crippen molar-refractivity contribution in [3.63, 3.8) is 0 Å². The van der Waals surface area contributed by atoms with Crippen molar-refractivity contribution in [2.45, 2.75) is 32.9 Å². The first kappa shape index (κ1) is 10.9. The summed E-state index contributed by atoms with van der Waals surface area (Å²) < 4.78 is 5.25. The van der Waals surface area contributed by atoms with Crippen LogP contribution in [0.3, 0.4) is 0 Å². The van der Waals surface area contributed by atoms with Crippen LogP contribution in [0, 0.1) is 0 Å². The molecular formula is C8H19NO2. The lowest BCUT2D eigenvalue weighted by molar-refractivity contribution is 0.105. The molecule has 0 saturated carbocycles. The Balaban J connectivity index is 2.80. The summed E-state index contributed by atoms with van der Waals surface area (Å²) in [5.41, 5.74) is 0. The predicted octanol–water partition coefficient (Wildman–Crippen LogP) is 0.731. The Kier molecular flexibility index (Phi) is 7.89. The van der Waals surface area contributed by atoms with Crippen molar-refractivity contribution in [2.24, 2.45) is 0 Å². The Hall–Kier alpha value is -0.120. The molecule has 0 aliphatic carbocycles. The van der Waals surface area contributed by atoms with E-state index < -0.39 is 6.23 Å². The van der Waals surface area contributed by atoms with Gasteiger partial charge in [-0.05, 0) is 13.3 Å². The SMILES string of the molecule is CCCCOCCNC(C)O. The third-order valence-electron chi connectivity index (χ3n) is 1.33. The molecule has 0 aromatic heterocycles. The fourth-order valence-corrected chi connectivity index (χ4v) is 0.688. The van der Waals surface area contributed by atoms with Gasteiger partial charge in [0.1, 0.15) is 6.23 Å². The highest BCUT2D eigenvalue weighted by atomic mass is 16.5. The van der Waals surface area contributed by atoms with E-state index in [0.717, 1.165) is 19.6 Å². The lowest BCUT2D eigenvalue weighted by atomic mass is 10.4. The van der Waals surface area contributed by atoms with Gasteiger partial charge < -0.3 is 9.84 Å². The average molecular weight is 161 g/mol. The Bertz CT molecular complexity index is 76.5. The van der Waals surface area contributed by atoms with Gasteiger partial charge in [0.25, 0.3) is 0 Å². The summed E-state index contributed by atoms with van der Waals surface area (Å²) in [6.45, 7) is 6.08. The molecule has 0 aromatic carbocycles. The largest absolute Gasteiger partial charge is 0.380 e. The Morgan fingerprint density at radius 1 is 1.45 bits per heavy atom. The molecule has 0 rings (SSSR count). The molecule has 11 heavy (non-hydrogen) atoms. The number of aliphatic hydroxyl groups is 1. The monoisotopic (exact) mass is 161 g/mol. The quantitative estimate of drug-likeness (QED) is 0.427. The Morgan fingerprint density at radius 2 is 2.18 bits per heavy atom. The smallest absolute Gasteiger partial charge is 0.102 e. The minimum atomic E-state index is -0.426. The summed E-state index contributed by atoms with van der Waals surface area (Å²) in [6, 6.07) is 0. The summed E-state index contributed by atoms with van der Waals surface area (Å²) in [5.74, 6) is 0. The number of hydrogen-bond donors (Lipinski definition) is 2. The van der Waals surface area contributed by atoms with Gasteiger partial charge in [0.2, 0.25) is 0 Å². The number of ether oxygens (including phenoxy) is 1. The van der Waals surface area contributed by atoms with Crippen LogP contribution in [0.25, 0.3) is 0 Å². The molecule has 0 radical (unpaired) electrons. The van der Waals surface area contributed by atoms with Crippen molar-refractivity contribution in [3.05, 3.63) is 0 Å². The first-order valence-electron chi connectivity index (χ1n) is 4.26. The normalized spacial score (nSPS) is 13.4.